The molecule has 140 valence electrons. The molecule has 7 heteroatoms. The summed E-state index contributed by atoms with van der Waals surface area (Å²) in [4.78, 5) is 34.6. The Balaban J connectivity index is 2.13. The first-order chi connectivity index (χ1) is 13.5. The molecule has 2 heterocycles. The van der Waals surface area contributed by atoms with Gasteiger partial charge in [-0.2, -0.15) is 0 Å². The summed E-state index contributed by atoms with van der Waals surface area (Å²) in [7, 11) is 4.64. The predicted molar refractivity (Wildman–Crippen MR) is 107 cm³/mol. The SMILES string of the molecule is COc1ccc(-c2nc(-c3ccccc3)nc3c2c(=O)n(C)c(=O)n3C)cc1. The molecule has 0 amide bonds. The maximum atomic E-state index is 12.9. The lowest BCUT2D eigenvalue weighted by molar-refractivity contribution is 0.415. The number of benzene rings is 2. The Morgan fingerprint density at radius 2 is 1.50 bits per heavy atom. The van der Waals surface area contributed by atoms with Gasteiger partial charge >= 0.3 is 5.69 Å². The van der Waals surface area contributed by atoms with Gasteiger partial charge in [-0.1, -0.05) is 30.3 Å². The van der Waals surface area contributed by atoms with E-state index in [1.54, 1.807) is 26.3 Å². The number of nitrogens with zero attached hydrogens (tertiary/aromatic N) is 4. The highest BCUT2D eigenvalue weighted by molar-refractivity contribution is 5.91. The molecule has 0 aliphatic carbocycles. The quantitative estimate of drug-likeness (QED) is 0.550. The highest BCUT2D eigenvalue weighted by Crippen LogP contribution is 2.27. The van der Waals surface area contributed by atoms with E-state index in [2.05, 4.69) is 9.97 Å². The summed E-state index contributed by atoms with van der Waals surface area (Å²) >= 11 is 0. The van der Waals surface area contributed by atoms with Gasteiger partial charge in [0, 0.05) is 25.2 Å². The fourth-order valence-corrected chi connectivity index (χ4v) is 3.13. The molecule has 4 rings (SSSR count). The summed E-state index contributed by atoms with van der Waals surface area (Å²) in [6.07, 6.45) is 0. The summed E-state index contributed by atoms with van der Waals surface area (Å²) in [5.74, 6) is 1.15. The average Bonchev–Trinajstić information content (AvgIpc) is 2.76. The van der Waals surface area contributed by atoms with Crippen LogP contribution in [0.2, 0.25) is 0 Å². The van der Waals surface area contributed by atoms with Crippen molar-refractivity contribution in [2.45, 2.75) is 0 Å². The second-order valence-electron chi connectivity index (χ2n) is 6.39. The van der Waals surface area contributed by atoms with Crippen LogP contribution in [0.1, 0.15) is 0 Å². The van der Waals surface area contributed by atoms with Crippen LogP contribution in [0.25, 0.3) is 33.7 Å². The number of ether oxygens (including phenoxy) is 1. The third-order valence-corrected chi connectivity index (χ3v) is 4.70. The number of hydrogen-bond acceptors (Lipinski definition) is 5. The van der Waals surface area contributed by atoms with Gasteiger partial charge < -0.3 is 4.74 Å². The molecule has 0 unspecified atom stereocenters. The molecule has 0 aliphatic heterocycles. The number of rotatable bonds is 3. The van der Waals surface area contributed by atoms with E-state index >= 15 is 0 Å². The monoisotopic (exact) mass is 374 g/mol. The van der Waals surface area contributed by atoms with Gasteiger partial charge in [-0.05, 0) is 24.3 Å². The van der Waals surface area contributed by atoms with Crippen LogP contribution in [-0.4, -0.2) is 26.2 Å². The van der Waals surface area contributed by atoms with Crippen LogP contribution < -0.4 is 16.0 Å². The zero-order valence-electron chi connectivity index (χ0n) is 15.7. The molecule has 0 saturated carbocycles. The molecule has 0 fully saturated rings. The summed E-state index contributed by atoms with van der Waals surface area (Å²) in [5, 5.41) is 0.300. The molecule has 0 saturated heterocycles. The average molecular weight is 374 g/mol. The van der Waals surface area contributed by atoms with Crippen molar-refractivity contribution in [3.8, 4) is 28.4 Å². The standard InChI is InChI=1S/C21H18N4O3/c1-24-19-16(20(26)25(2)21(24)27)17(13-9-11-15(28-3)12-10-13)22-18(23-19)14-7-5-4-6-8-14/h4-12H,1-3H3. The molecule has 2 aromatic heterocycles. The van der Waals surface area contributed by atoms with E-state index in [9.17, 15) is 9.59 Å². The Morgan fingerprint density at radius 1 is 0.821 bits per heavy atom. The maximum absolute atomic E-state index is 12.9. The molecular weight excluding hydrogens is 356 g/mol. The lowest BCUT2D eigenvalue weighted by atomic mass is 10.1. The van der Waals surface area contributed by atoms with Gasteiger partial charge in [-0.3, -0.25) is 13.9 Å². The van der Waals surface area contributed by atoms with Crippen molar-refractivity contribution >= 4 is 11.0 Å². The fourth-order valence-electron chi connectivity index (χ4n) is 3.13. The molecule has 2 aromatic carbocycles. The first-order valence-electron chi connectivity index (χ1n) is 8.69. The van der Waals surface area contributed by atoms with Crippen LogP contribution in [0, 0.1) is 0 Å². The summed E-state index contributed by atoms with van der Waals surface area (Å²) in [6, 6.07) is 16.7. The third kappa shape index (κ3) is 2.77. The minimum absolute atomic E-state index is 0.299. The summed E-state index contributed by atoms with van der Waals surface area (Å²) in [5.41, 5.74) is 1.45. The zero-order valence-corrected chi connectivity index (χ0v) is 15.7. The molecule has 0 spiro atoms. The predicted octanol–water partition coefficient (Wildman–Crippen LogP) is 2.37. The number of aryl methyl sites for hydroxylation is 1. The van der Waals surface area contributed by atoms with Gasteiger partial charge in [0.15, 0.2) is 11.5 Å². The van der Waals surface area contributed by atoms with Gasteiger partial charge in [-0.25, -0.2) is 14.8 Å². The number of fused-ring (bicyclic) bond motifs is 1. The number of aromatic nitrogens is 4. The highest BCUT2D eigenvalue weighted by atomic mass is 16.5. The molecular formula is C21H18N4O3. The molecule has 0 aliphatic rings. The van der Waals surface area contributed by atoms with Gasteiger partial charge in [-0.15, -0.1) is 0 Å². The van der Waals surface area contributed by atoms with Gasteiger partial charge in [0.05, 0.1) is 12.8 Å². The van der Waals surface area contributed by atoms with E-state index < -0.39 is 11.2 Å². The number of methoxy groups -OCH3 is 1. The molecule has 4 aromatic rings. The van der Waals surface area contributed by atoms with E-state index in [0.29, 0.717) is 28.3 Å². The van der Waals surface area contributed by atoms with Crippen molar-refractivity contribution in [3.05, 3.63) is 75.4 Å². The molecule has 0 radical (unpaired) electrons. The topological polar surface area (TPSA) is 79.0 Å². The fraction of sp³-hybridized carbons (Fsp3) is 0.143. The smallest absolute Gasteiger partial charge is 0.332 e. The molecule has 0 N–H and O–H groups in total. The number of hydrogen-bond donors (Lipinski definition) is 0. The van der Waals surface area contributed by atoms with Crippen molar-refractivity contribution in [1.29, 1.82) is 0 Å². The van der Waals surface area contributed by atoms with E-state index in [-0.39, 0.29) is 0 Å². The Kier molecular flexibility index (Phi) is 4.27. The second-order valence-corrected chi connectivity index (χ2v) is 6.39. The largest absolute Gasteiger partial charge is 0.497 e. The summed E-state index contributed by atoms with van der Waals surface area (Å²) in [6.45, 7) is 0. The lowest BCUT2D eigenvalue weighted by Gasteiger charge is -2.12. The van der Waals surface area contributed by atoms with E-state index in [4.69, 9.17) is 4.74 Å². The Bertz CT molecular complexity index is 1290. The molecule has 0 atom stereocenters. The van der Waals surface area contributed by atoms with Gasteiger partial charge in [0.25, 0.3) is 5.56 Å². The molecule has 0 bridgehead atoms. The van der Waals surface area contributed by atoms with Crippen molar-refractivity contribution in [2.24, 2.45) is 14.1 Å². The summed E-state index contributed by atoms with van der Waals surface area (Å²) < 4.78 is 7.66. The first kappa shape index (κ1) is 17.7. The van der Waals surface area contributed by atoms with Crippen molar-refractivity contribution in [3.63, 3.8) is 0 Å². The van der Waals surface area contributed by atoms with Crippen molar-refractivity contribution < 1.29 is 4.74 Å². The highest BCUT2D eigenvalue weighted by Gasteiger charge is 2.18. The van der Waals surface area contributed by atoms with E-state index in [1.807, 2.05) is 42.5 Å². The third-order valence-electron chi connectivity index (χ3n) is 4.70. The van der Waals surface area contributed by atoms with Crippen LogP contribution in [0.5, 0.6) is 5.75 Å². The molecule has 7 nitrogen and oxygen atoms in total. The van der Waals surface area contributed by atoms with Crippen LogP contribution in [0.4, 0.5) is 0 Å². The van der Waals surface area contributed by atoms with Crippen LogP contribution in [0.15, 0.2) is 64.2 Å². The van der Waals surface area contributed by atoms with Crippen LogP contribution in [-0.2, 0) is 14.1 Å². The Hall–Kier alpha value is -3.74. The first-order valence-corrected chi connectivity index (χ1v) is 8.69. The Labute approximate surface area is 160 Å². The van der Waals surface area contributed by atoms with Gasteiger partial charge in [0.2, 0.25) is 0 Å². The van der Waals surface area contributed by atoms with Crippen molar-refractivity contribution in [2.75, 3.05) is 7.11 Å². The van der Waals surface area contributed by atoms with E-state index in [0.717, 1.165) is 15.7 Å². The molecule has 28 heavy (non-hydrogen) atoms. The Morgan fingerprint density at radius 3 is 2.14 bits per heavy atom. The van der Waals surface area contributed by atoms with Crippen LogP contribution in [0.3, 0.4) is 0 Å². The van der Waals surface area contributed by atoms with Crippen LogP contribution >= 0.6 is 0 Å². The van der Waals surface area contributed by atoms with Crippen molar-refractivity contribution in [1.82, 2.24) is 19.1 Å². The van der Waals surface area contributed by atoms with E-state index in [1.165, 1.54) is 11.6 Å². The minimum atomic E-state index is -0.434. The zero-order chi connectivity index (χ0) is 19.8. The lowest BCUT2D eigenvalue weighted by Crippen LogP contribution is -2.37. The van der Waals surface area contributed by atoms with Gasteiger partial charge in [0.1, 0.15) is 11.1 Å². The second kappa shape index (κ2) is 6.77. The maximum Gasteiger partial charge on any atom is 0.332 e. The minimum Gasteiger partial charge on any atom is -0.497 e. The normalized spacial score (nSPS) is 11.0.